The second-order valence-electron chi connectivity index (χ2n) is 7.45. The summed E-state index contributed by atoms with van der Waals surface area (Å²) in [7, 11) is -1.64. The van der Waals surface area contributed by atoms with Crippen molar-refractivity contribution in [3.63, 3.8) is 0 Å². The maximum atomic E-state index is 12.1. The van der Waals surface area contributed by atoms with Crippen molar-refractivity contribution >= 4 is 50.5 Å². The van der Waals surface area contributed by atoms with Crippen molar-refractivity contribution in [1.82, 2.24) is 5.32 Å². The second kappa shape index (κ2) is 9.14. The van der Waals surface area contributed by atoms with Crippen LogP contribution in [0.25, 0.3) is 0 Å². The predicted molar refractivity (Wildman–Crippen MR) is 123 cm³/mol. The summed E-state index contributed by atoms with van der Waals surface area (Å²) in [6, 6.07) is 9.34. The number of halogens is 2. The van der Waals surface area contributed by atoms with Gasteiger partial charge >= 0.3 is 0 Å². The Hall–Kier alpha value is -1.80. The summed E-state index contributed by atoms with van der Waals surface area (Å²) in [6.07, 6.45) is 3.11. The minimum Gasteiger partial charge on any atom is -0.324 e. The van der Waals surface area contributed by atoms with E-state index in [1.807, 2.05) is 31.3 Å². The molecule has 1 aliphatic rings. The minimum absolute atomic E-state index is 0.0453. The molecule has 0 aliphatic heterocycles. The number of sulfonamides is 1. The van der Waals surface area contributed by atoms with Gasteiger partial charge in [0.1, 0.15) is 0 Å². The van der Waals surface area contributed by atoms with Crippen molar-refractivity contribution in [2.24, 2.45) is 0 Å². The highest BCUT2D eigenvalue weighted by atomic mass is 35.5. The SMILES string of the molecule is CCC(=O)Nc1cc2c(cc1NS(C)(=O)=O)[C@@H](NC)CC[C@H]2c1ccc(Cl)c(Cl)c1. The normalized spacial score (nSPS) is 18.6. The molecule has 9 heteroatoms. The molecule has 2 aromatic rings. The molecule has 162 valence electrons. The fraction of sp³-hybridized carbons (Fsp3) is 0.381. The van der Waals surface area contributed by atoms with Crippen molar-refractivity contribution in [2.75, 3.05) is 23.3 Å². The van der Waals surface area contributed by atoms with Crippen LogP contribution in [0.4, 0.5) is 11.4 Å². The van der Waals surface area contributed by atoms with Crippen molar-refractivity contribution < 1.29 is 13.2 Å². The summed E-state index contributed by atoms with van der Waals surface area (Å²) < 4.78 is 26.4. The summed E-state index contributed by atoms with van der Waals surface area (Å²) in [5.41, 5.74) is 3.82. The lowest BCUT2D eigenvalue weighted by atomic mass is 9.76. The number of carbonyl (C=O) groups is 1. The van der Waals surface area contributed by atoms with Crippen molar-refractivity contribution in [2.45, 2.75) is 38.1 Å². The molecule has 0 unspecified atom stereocenters. The zero-order valence-corrected chi connectivity index (χ0v) is 19.4. The summed E-state index contributed by atoms with van der Waals surface area (Å²) in [4.78, 5) is 12.1. The van der Waals surface area contributed by atoms with E-state index in [0.29, 0.717) is 21.4 Å². The number of benzene rings is 2. The minimum atomic E-state index is -3.52. The highest BCUT2D eigenvalue weighted by Gasteiger charge is 2.30. The Morgan fingerprint density at radius 2 is 1.77 bits per heavy atom. The first-order valence-electron chi connectivity index (χ1n) is 9.70. The number of rotatable bonds is 6. The first-order chi connectivity index (χ1) is 14.1. The lowest BCUT2D eigenvalue weighted by Gasteiger charge is -2.33. The van der Waals surface area contributed by atoms with Gasteiger partial charge in [0.05, 0.1) is 27.7 Å². The van der Waals surface area contributed by atoms with E-state index in [4.69, 9.17) is 23.2 Å². The van der Waals surface area contributed by atoms with E-state index >= 15 is 0 Å². The molecule has 2 atom stereocenters. The predicted octanol–water partition coefficient (Wildman–Crippen LogP) is 4.90. The van der Waals surface area contributed by atoms with Gasteiger partial charge in [0.15, 0.2) is 0 Å². The van der Waals surface area contributed by atoms with Crippen molar-refractivity contribution in [3.05, 3.63) is 57.1 Å². The number of anilines is 2. The Morgan fingerprint density at radius 3 is 2.37 bits per heavy atom. The average Bonchev–Trinajstić information content (AvgIpc) is 2.68. The number of fused-ring (bicyclic) bond motifs is 1. The van der Waals surface area contributed by atoms with Crippen LogP contribution in [0, 0.1) is 0 Å². The van der Waals surface area contributed by atoms with Crippen LogP contribution in [0.3, 0.4) is 0 Å². The maximum absolute atomic E-state index is 12.1. The van der Waals surface area contributed by atoms with Crippen LogP contribution in [0.5, 0.6) is 0 Å². The standard InChI is InChI=1S/C21H25Cl2N3O3S/c1-4-21(27)25-19-10-14-13(12-5-7-16(22)17(23)9-12)6-8-18(24-2)15(14)11-20(19)26-30(3,28)29/h5,7,9-11,13,18,24,26H,4,6,8H2,1-3H3,(H,25,27)/t13-,18-/m0/s1. The van der Waals surface area contributed by atoms with Crippen LogP contribution < -0.4 is 15.4 Å². The number of amides is 1. The molecule has 30 heavy (non-hydrogen) atoms. The Morgan fingerprint density at radius 1 is 1.07 bits per heavy atom. The van der Waals surface area contributed by atoms with Crippen LogP contribution in [0.2, 0.25) is 10.0 Å². The first-order valence-corrected chi connectivity index (χ1v) is 12.3. The molecule has 0 spiro atoms. The third kappa shape index (κ3) is 5.09. The summed E-state index contributed by atoms with van der Waals surface area (Å²) in [5, 5.41) is 7.11. The molecule has 0 radical (unpaired) electrons. The van der Waals surface area contributed by atoms with Gasteiger partial charge in [-0.05, 0) is 60.8 Å². The topological polar surface area (TPSA) is 87.3 Å². The molecule has 0 heterocycles. The van der Waals surface area contributed by atoms with Gasteiger partial charge in [0.2, 0.25) is 15.9 Å². The fourth-order valence-electron chi connectivity index (χ4n) is 3.88. The van der Waals surface area contributed by atoms with Gasteiger partial charge in [-0.15, -0.1) is 0 Å². The molecule has 0 bridgehead atoms. The maximum Gasteiger partial charge on any atom is 0.229 e. The molecule has 1 amide bonds. The number of hydrogen-bond acceptors (Lipinski definition) is 4. The van der Waals surface area contributed by atoms with Gasteiger partial charge < -0.3 is 10.6 Å². The van der Waals surface area contributed by atoms with Crippen molar-refractivity contribution in [1.29, 1.82) is 0 Å². The van der Waals surface area contributed by atoms with E-state index in [2.05, 4.69) is 15.4 Å². The quantitative estimate of drug-likeness (QED) is 0.561. The smallest absolute Gasteiger partial charge is 0.229 e. The number of carbonyl (C=O) groups excluding carboxylic acids is 1. The first kappa shape index (κ1) is 22.9. The Kier molecular flexibility index (Phi) is 6.97. The van der Waals surface area contributed by atoms with Gasteiger partial charge in [-0.1, -0.05) is 36.2 Å². The fourth-order valence-corrected chi connectivity index (χ4v) is 4.76. The molecular weight excluding hydrogens is 445 g/mol. The summed E-state index contributed by atoms with van der Waals surface area (Å²) in [6.45, 7) is 1.74. The van der Waals surface area contributed by atoms with E-state index in [-0.39, 0.29) is 24.3 Å². The molecule has 3 rings (SSSR count). The van der Waals surface area contributed by atoms with Crippen LogP contribution in [0.1, 0.15) is 54.8 Å². The lowest BCUT2D eigenvalue weighted by molar-refractivity contribution is -0.115. The Balaban J connectivity index is 2.17. The molecule has 0 saturated carbocycles. The monoisotopic (exact) mass is 469 g/mol. The number of nitrogens with one attached hydrogen (secondary N) is 3. The van der Waals surface area contributed by atoms with E-state index in [1.165, 1.54) is 0 Å². The second-order valence-corrected chi connectivity index (χ2v) is 10.0. The molecule has 0 aromatic heterocycles. The largest absolute Gasteiger partial charge is 0.324 e. The highest BCUT2D eigenvalue weighted by molar-refractivity contribution is 7.92. The summed E-state index contributed by atoms with van der Waals surface area (Å²) >= 11 is 12.3. The number of hydrogen-bond donors (Lipinski definition) is 3. The van der Waals surface area contributed by atoms with Gasteiger partial charge in [-0.3, -0.25) is 9.52 Å². The molecule has 2 aromatic carbocycles. The van der Waals surface area contributed by atoms with Crippen molar-refractivity contribution in [3.8, 4) is 0 Å². The van der Waals surface area contributed by atoms with Crippen LogP contribution in [-0.2, 0) is 14.8 Å². The molecule has 1 aliphatic carbocycles. The molecule has 0 saturated heterocycles. The molecular formula is C21H25Cl2N3O3S. The van der Waals surface area contributed by atoms with Gasteiger partial charge in [0, 0.05) is 18.4 Å². The Labute approximate surface area is 187 Å². The highest BCUT2D eigenvalue weighted by Crippen LogP contribution is 2.45. The lowest BCUT2D eigenvalue weighted by Crippen LogP contribution is -2.25. The average molecular weight is 470 g/mol. The van der Waals surface area contributed by atoms with E-state index < -0.39 is 10.0 Å². The molecule has 0 fully saturated rings. The van der Waals surface area contributed by atoms with Crippen LogP contribution in [0.15, 0.2) is 30.3 Å². The van der Waals surface area contributed by atoms with Crippen LogP contribution in [-0.4, -0.2) is 27.6 Å². The third-order valence-corrected chi connectivity index (χ3v) is 6.63. The van der Waals surface area contributed by atoms with E-state index in [1.54, 1.807) is 13.0 Å². The van der Waals surface area contributed by atoms with E-state index in [0.717, 1.165) is 35.8 Å². The molecule has 3 N–H and O–H groups in total. The Bertz CT molecular complexity index is 1070. The van der Waals surface area contributed by atoms with Crippen LogP contribution >= 0.6 is 23.2 Å². The van der Waals surface area contributed by atoms with Gasteiger partial charge in [-0.2, -0.15) is 0 Å². The summed E-state index contributed by atoms with van der Waals surface area (Å²) in [5.74, 6) is -0.150. The zero-order chi connectivity index (χ0) is 22.1. The molecule has 6 nitrogen and oxygen atoms in total. The van der Waals surface area contributed by atoms with E-state index in [9.17, 15) is 13.2 Å². The third-order valence-electron chi connectivity index (χ3n) is 5.30. The van der Waals surface area contributed by atoms with Gasteiger partial charge in [0.25, 0.3) is 0 Å². The zero-order valence-electron chi connectivity index (χ0n) is 17.1. The van der Waals surface area contributed by atoms with Gasteiger partial charge in [-0.25, -0.2) is 8.42 Å².